The topological polar surface area (TPSA) is 93.9 Å². The van der Waals surface area contributed by atoms with Gasteiger partial charge in [-0.3, -0.25) is 0 Å². The number of aliphatic hydroxyl groups excluding tert-OH is 1. The van der Waals surface area contributed by atoms with E-state index in [2.05, 4.69) is 42.6 Å². The summed E-state index contributed by atoms with van der Waals surface area (Å²) in [5.41, 5.74) is 1.17. The lowest BCUT2D eigenvalue weighted by Gasteiger charge is -2.28. The van der Waals surface area contributed by atoms with Crippen molar-refractivity contribution < 1.29 is 9.50 Å². The molecule has 3 N–H and O–H groups in total. The van der Waals surface area contributed by atoms with E-state index in [1.807, 2.05) is 0 Å². The Balaban J connectivity index is 1.81. The first-order chi connectivity index (χ1) is 13.0. The summed E-state index contributed by atoms with van der Waals surface area (Å²) in [4.78, 5) is 8.16. The lowest BCUT2D eigenvalue weighted by atomic mass is 9.85. The summed E-state index contributed by atoms with van der Waals surface area (Å²) in [6, 6.07) is 5.50. The zero-order chi connectivity index (χ0) is 19.4. The van der Waals surface area contributed by atoms with E-state index in [0.717, 1.165) is 31.9 Å². The average Bonchev–Trinajstić information content (AvgIpc) is 2.67. The van der Waals surface area contributed by atoms with Crippen LogP contribution in [-0.2, 0) is 6.61 Å². The fraction of sp³-hybridized carbons (Fsp3) is 0.389. The molecular weight excluding hydrogens is 437 g/mol. The predicted octanol–water partition coefficient (Wildman–Crippen LogP) is 4.76. The van der Waals surface area contributed by atoms with Crippen molar-refractivity contribution in [2.75, 3.05) is 10.6 Å². The quantitative estimate of drug-likeness (QED) is 0.603. The predicted molar refractivity (Wildman–Crippen MR) is 105 cm³/mol. The highest BCUT2D eigenvalue weighted by Gasteiger charge is 2.26. The van der Waals surface area contributed by atoms with Crippen molar-refractivity contribution in [1.29, 1.82) is 5.26 Å². The maximum Gasteiger partial charge on any atom is 0.229 e. The standard InChI is InChI=1S/C18H18BrClFN5O/c19-16-11(9-27)5-12(6-13(16)20)24-18-23-8-14(21)17(26-18)25-15-4-2-1-3-10(15)7-22/h5-6,8,10,15,27H,1-4,9H2,(H2,23,24,25,26). The van der Waals surface area contributed by atoms with Crippen LogP contribution in [-0.4, -0.2) is 21.1 Å². The second kappa shape index (κ2) is 8.83. The van der Waals surface area contributed by atoms with Crippen molar-refractivity contribution in [3.05, 3.63) is 39.2 Å². The van der Waals surface area contributed by atoms with Crippen LogP contribution in [0.3, 0.4) is 0 Å². The van der Waals surface area contributed by atoms with Gasteiger partial charge in [-0.1, -0.05) is 24.4 Å². The van der Waals surface area contributed by atoms with E-state index < -0.39 is 5.82 Å². The minimum Gasteiger partial charge on any atom is -0.392 e. The lowest BCUT2D eigenvalue weighted by molar-refractivity contribution is 0.281. The number of anilines is 3. The molecule has 0 bridgehead atoms. The number of nitrogens with one attached hydrogen (secondary N) is 2. The minimum absolute atomic E-state index is 0.0604. The molecule has 27 heavy (non-hydrogen) atoms. The van der Waals surface area contributed by atoms with E-state index in [1.54, 1.807) is 12.1 Å². The molecule has 1 fully saturated rings. The van der Waals surface area contributed by atoms with Crippen LogP contribution in [0.2, 0.25) is 5.02 Å². The van der Waals surface area contributed by atoms with Gasteiger partial charge in [-0.2, -0.15) is 10.2 Å². The fourth-order valence-corrected chi connectivity index (χ4v) is 3.72. The van der Waals surface area contributed by atoms with Crippen LogP contribution in [0.25, 0.3) is 0 Å². The second-order valence-electron chi connectivity index (χ2n) is 6.38. The smallest absolute Gasteiger partial charge is 0.229 e. The van der Waals surface area contributed by atoms with Crippen LogP contribution in [0.5, 0.6) is 0 Å². The molecule has 1 aromatic heterocycles. The first-order valence-electron chi connectivity index (χ1n) is 8.56. The maximum atomic E-state index is 14.2. The number of hydrogen-bond donors (Lipinski definition) is 3. The third-order valence-electron chi connectivity index (χ3n) is 4.53. The largest absolute Gasteiger partial charge is 0.392 e. The number of benzene rings is 1. The Morgan fingerprint density at radius 3 is 2.89 bits per heavy atom. The van der Waals surface area contributed by atoms with Crippen LogP contribution >= 0.6 is 27.5 Å². The first-order valence-corrected chi connectivity index (χ1v) is 9.73. The van der Waals surface area contributed by atoms with Gasteiger partial charge >= 0.3 is 0 Å². The zero-order valence-electron chi connectivity index (χ0n) is 14.3. The number of halogens is 3. The van der Waals surface area contributed by atoms with Gasteiger partial charge in [0.1, 0.15) is 0 Å². The molecule has 2 atom stereocenters. The molecule has 1 aromatic carbocycles. The Hall–Kier alpha value is -1.95. The number of rotatable bonds is 5. The highest BCUT2D eigenvalue weighted by atomic mass is 79.9. The van der Waals surface area contributed by atoms with Gasteiger partial charge in [0.15, 0.2) is 11.6 Å². The number of aromatic nitrogens is 2. The van der Waals surface area contributed by atoms with E-state index in [0.29, 0.717) is 20.7 Å². The van der Waals surface area contributed by atoms with Gasteiger partial charge in [0.05, 0.1) is 29.8 Å². The van der Waals surface area contributed by atoms with Gasteiger partial charge in [0.2, 0.25) is 5.95 Å². The molecule has 9 heteroatoms. The van der Waals surface area contributed by atoms with Gasteiger partial charge in [-0.25, -0.2) is 9.37 Å². The first kappa shape index (κ1) is 19.8. The molecule has 0 amide bonds. The molecule has 0 spiro atoms. The summed E-state index contributed by atoms with van der Waals surface area (Å²) in [5, 5.41) is 25.1. The molecule has 142 valence electrons. The normalized spacial score (nSPS) is 19.4. The summed E-state index contributed by atoms with van der Waals surface area (Å²) < 4.78 is 14.8. The minimum atomic E-state index is -0.576. The SMILES string of the molecule is N#CC1CCCCC1Nc1nc(Nc2cc(Cl)c(Br)c(CO)c2)ncc1F. The Bertz CT molecular complexity index is 876. The fourth-order valence-electron chi connectivity index (χ4n) is 3.12. The van der Waals surface area contributed by atoms with Gasteiger partial charge in [-0.05, 0) is 46.5 Å². The maximum absolute atomic E-state index is 14.2. The summed E-state index contributed by atoms with van der Waals surface area (Å²) in [7, 11) is 0. The molecule has 2 unspecified atom stereocenters. The van der Waals surface area contributed by atoms with Gasteiger partial charge in [0, 0.05) is 16.2 Å². The number of aliphatic hydroxyl groups is 1. The lowest BCUT2D eigenvalue weighted by Crippen LogP contribution is -2.32. The van der Waals surface area contributed by atoms with Crippen molar-refractivity contribution >= 4 is 45.0 Å². The average molecular weight is 455 g/mol. The second-order valence-corrected chi connectivity index (χ2v) is 7.58. The third kappa shape index (κ3) is 4.67. The van der Waals surface area contributed by atoms with Crippen molar-refractivity contribution in [3.63, 3.8) is 0 Å². The van der Waals surface area contributed by atoms with Gasteiger partial charge < -0.3 is 15.7 Å². The monoisotopic (exact) mass is 453 g/mol. The Kier molecular flexibility index (Phi) is 6.47. The Labute approximate surface area is 169 Å². The molecule has 2 aromatic rings. The van der Waals surface area contributed by atoms with Crippen molar-refractivity contribution in [1.82, 2.24) is 9.97 Å². The highest BCUT2D eigenvalue weighted by Crippen LogP contribution is 2.32. The van der Waals surface area contributed by atoms with Gasteiger partial charge in [-0.15, -0.1) is 0 Å². The molecule has 0 radical (unpaired) electrons. The van der Waals surface area contributed by atoms with E-state index in [4.69, 9.17) is 11.6 Å². The van der Waals surface area contributed by atoms with Crippen LogP contribution in [0.4, 0.5) is 21.8 Å². The zero-order valence-corrected chi connectivity index (χ0v) is 16.7. The van der Waals surface area contributed by atoms with E-state index >= 15 is 0 Å². The van der Waals surface area contributed by atoms with Crippen LogP contribution in [0, 0.1) is 23.1 Å². The molecule has 1 heterocycles. The summed E-state index contributed by atoms with van der Waals surface area (Å²) in [6.45, 7) is -0.190. The number of nitriles is 1. The van der Waals surface area contributed by atoms with Crippen LogP contribution in [0.15, 0.2) is 22.8 Å². The van der Waals surface area contributed by atoms with E-state index in [-0.39, 0.29) is 30.3 Å². The Morgan fingerprint density at radius 2 is 2.15 bits per heavy atom. The van der Waals surface area contributed by atoms with Gasteiger partial charge in [0.25, 0.3) is 0 Å². The molecule has 1 aliphatic carbocycles. The van der Waals surface area contributed by atoms with Crippen molar-refractivity contribution in [2.45, 2.75) is 38.3 Å². The summed E-state index contributed by atoms with van der Waals surface area (Å²) in [5.74, 6) is -0.495. The molecule has 3 rings (SSSR count). The van der Waals surface area contributed by atoms with E-state index in [1.165, 1.54) is 0 Å². The summed E-state index contributed by atoms with van der Waals surface area (Å²) >= 11 is 9.45. The van der Waals surface area contributed by atoms with Crippen molar-refractivity contribution in [2.24, 2.45) is 5.92 Å². The molecule has 0 aliphatic heterocycles. The molecule has 0 saturated heterocycles. The molecule has 1 saturated carbocycles. The third-order valence-corrected chi connectivity index (χ3v) is 5.99. The van der Waals surface area contributed by atoms with Crippen LogP contribution < -0.4 is 10.6 Å². The van der Waals surface area contributed by atoms with Crippen LogP contribution in [0.1, 0.15) is 31.2 Å². The molecular formula is C18H18BrClFN5O. The summed E-state index contributed by atoms with van der Waals surface area (Å²) in [6.07, 6.45) is 4.68. The number of hydrogen-bond acceptors (Lipinski definition) is 6. The highest BCUT2D eigenvalue weighted by molar-refractivity contribution is 9.10. The molecule has 6 nitrogen and oxygen atoms in total. The van der Waals surface area contributed by atoms with Crippen molar-refractivity contribution in [3.8, 4) is 6.07 Å². The Morgan fingerprint density at radius 1 is 1.37 bits per heavy atom. The number of nitrogens with zero attached hydrogens (tertiary/aromatic N) is 3. The molecule has 1 aliphatic rings. The van der Waals surface area contributed by atoms with E-state index in [9.17, 15) is 14.8 Å².